The average Bonchev–Trinajstić information content (AvgIpc) is 4.03. The van der Waals surface area contributed by atoms with Gasteiger partial charge in [-0.25, -0.2) is 20.1 Å². The SMILES string of the molecule is CC(C)(C)c1ccc(N(c2ccc(S(C)(C)C)cc2)c2ccc3c(c2)C2(c4ccccc4-c4ccccc42)c2cc(N(c4ccc(C(C)(C)C)cc4)c4ccc(S(C)(C)C)cc4)c4c(oc5ccccc54)c2-3)cc1. The van der Waals surface area contributed by atoms with Crippen LogP contribution in [0.1, 0.15) is 74.9 Å². The predicted octanol–water partition coefficient (Wildman–Crippen LogP) is 19.6. The first kappa shape index (κ1) is 48.0. The number of fused-ring (bicyclic) bond motifs is 14. The zero-order valence-electron chi connectivity index (χ0n) is 45.1. The molecule has 1 spiro atoms. The summed E-state index contributed by atoms with van der Waals surface area (Å²) in [6, 6.07) is 74.0. The lowest BCUT2D eigenvalue weighted by Crippen LogP contribution is -2.26. The molecular weight excluding hydrogens is 937 g/mol. The molecule has 372 valence electrons. The van der Waals surface area contributed by atoms with Crippen molar-refractivity contribution in [1.82, 2.24) is 0 Å². The topological polar surface area (TPSA) is 19.6 Å². The van der Waals surface area contributed by atoms with Crippen molar-refractivity contribution in [3.63, 3.8) is 0 Å². The third-order valence-electron chi connectivity index (χ3n) is 15.7. The number of furan rings is 1. The van der Waals surface area contributed by atoms with Crippen LogP contribution in [0.15, 0.2) is 208 Å². The number of hydrogen-bond acceptors (Lipinski definition) is 3. The third-order valence-corrected chi connectivity index (χ3v) is 19.1. The lowest BCUT2D eigenvalue weighted by atomic mass is 9.70. The molecule has 12 rings (SSSR count). The third kappa shape index (κ3) is 7.64. The average molecular weight is 1010 g/mol. The van der Waals surface area contributed by atoms with Gasteiger partial charge in [0.15, 0.2) is 0 Å². The van der Waals surface area contributed by atoms with Gasteiger partial charge in [0, 0.05) is 39.4 Å². The van der Waals surface area contributed by atoms with Gasteiger partial charge in [0.1, 0.15) is 11.2 Å². The number of rotatable bonds is 8. The van der Waals surface area contributed by atoms with E-state index in [1.165, 1.54) is 59.9 Å². The maximum atomic E-state index is 7.38. The van der Waals surface area contributed by atoms with Crippen molar-refractivity contribution in [2.75, 3.05) is 47.3 Å². The fraction of sp³-hybridized carbons (Fsp3) is 0.217. The molecule has 2 aliphatic carbocycles. The second kappa shape index (κ2) is 17.1. The highest BCUT2D eigenvalue weighted by Gasteiger charge is 2.53. The summed E-state index contributed by atoms with van der Waals surface area (Å²) in [4.78, 5) is 7.74. The molecule has 2 aliphatic rings. The fourth-order valence-corrected chi connectivity index (χ4v) is 13.8. The highest BCUT2D eigenvalue weighted by Crippen LogP contribution is 2.66. The Hall–Kier alpha value is -6.92. The van der Waals surface area contributed by atoms with E-state index in [0.717, 1.165) is 61.6 Å². The van der Waals surface area contributed by atoms with E-state index in [9.17, 15) is 0 Å². The molecule has 9 aromatic carbocycles. The van der Waals surface area contributed by atoms with E-state index in [-0.39, 0.29) is 10.8 Å². The first-order valence-corrected chi connectivity index (χ1v) is 31.7. The minimum Gasteiger partial charge on any atom is -0.455 e. The Labute approximate surface area is 442 Å². The van der Waals surface area contributed by atoms with Crippen LogP contribution in [-0.4, -0.2) is 37.5 Å². The smallest absolute Gasteiger partial charge is 0.145 e. The predicted molar refractivity (Wildman–Crippen MR) is 324 cm³/mol. The van der Waals surface area contributed by atoms with Gasteiger partial charge in [-0.2, -0.15) is 0 Å². The molecule has 0 saturated heterocycles. The molecule has 0 unspecified atom stereocenters. The molecule has 0 saturated carbocycles. The van der Waals surface area contributed by atoms with Gasteiger partial charge in [-0.05, 0) is 205 Å². The van der Waals surface area contributed by atoms with Crippen LogP contribution in [0.5, 0.6) is 0 Å². The summed E-state index contributed by atoms with van der Waals surface area (Å²) in [5.74, 6) is 0. The molecule has 0 bridgehead atoms. The maximum absolute atomic E-state index is 7.38. The highest BCUT2D eigenvalue weighted by atomic mass is 32.3. The first-order valence-electron chi connectivity index (χ1n) is 25.9. The second-order valence-corrected chi connectivity index (χ2v) is 32.4. The zero-order chi connectivity index (χ0) is 51.7. The molecule has 0 aliphatic heterocycles. The number of anilines is 6. The Morgan fingerprint density at radius 2 is 0.824 bits per heavy atom. The number of para-hydroxylation sites is 1. The lowest BCUT2D eigenvalue weighted by molar-refractivity contribution is 0.590. The van der Waals surface area contributed by atoms with E-state index in [4.69, 9.17) is 4.42 Å². The molecule has 0 atom stereocenters. The summed E-state index contributed by atoms with van der Waals surface area (Å²) >= 11 is 0. The largest absolute Gasteiger partial charge is 0.455 e. The molecular formula is C69H68N2OS2. The van der Waals surface area contributed by atoms with Crippen LogP contribution >= 0.6 is 20.1 Å². The number of benzene rings is 9. The van der Waals surface area contributed by atoms with Crippen molar-refractivity contribution < 1.29 is 4.42 Å². The Morgan fingerprint density at radius 1 is 0.392 bits per heavy atom. The molecule has 74 heavy (non-hydrogen) atoms. The number of nitrogens with zero attached hydrogens (tertiary/aromatic N) is 2. The van der Waals surface area contributed by atoms with Gasteiger partial charge >= 0.3 is 0 Å². The first-order chi connectivity index (χ1) is 35.2. The summed E-state index contributed by atoms with van der Waals surface area (Å²) < 4.78 is 7.38. The van der Waals surface area contributed by atoms with Crippen molar-refractivity contribution >= 4 is 76.1 Å². The molecule has 0 N–H and O–H groups in total. The van der Waals surface area contributed by atoms with Crippen LogP contribution < -0.4 is 9.80 Å². The van der Waals surface area contributed by atoms with E-state index in [1.807, 2.05) is 0 Å². The monoisotopic (exact) mass is 1000 g/mol. The van der Waals surface area contributed by atoms with E-state index < -0.39 is 25.5 Å². The summed E-state index contributed by atoms with van der Waals surface area (Å²) in [5.41, 5.74) is 20.4. The van der Waals surface area contributed by atoms with E-state index in [2.05, 4.69) is 283 Å². The van der Waals surface area contributed by atoms with Gasteiger partial charge in [-0.3, -0.25) is 0 Å². The highest BCUT2D eigenvalue weighted by molar-refractivity contribution is 8.32. The van der Waals surface area contributed by atoms with E-state index in [0.29, 0.717) is 0 Å². The van der Waals surface area contributed by atoms with Crippen molar-refractivity contribution in [3.8, 4) is 22.3 Å². The summed E-state index contributed by atoms with van der Waals surface area (Å²) in [5, 5.41) is 2.21. The van der Waals surface area contributed by atoms with E-state index in [1.54, 1.807) is 0 Å². The van der Waals surface area contributed by atoms with Gasteiger partial charge in [0.2, 0.25) is 0 Å². The number of hydrogen-bond donors (Lipinski definition) is 0. The molecule has 0 radical (unpaired) electrons. The van der Waals surface area contributed by atoms with Crippen molar-refractivity contribution in [1.29, 1.82) is 0 Å². The second-order valence-electron chi connectivity index (χ2n) is 24.1. The lowest BCUT2D eigenvalue weighted by Gasteiger charge is -2.34. The summed E-state index contributed by atoms with van der Waals surface area (Å²) in [6.45, 7) is 13.7. The minimum absolute atomic E-state index is 0.00459. The van der Waals surface area contributed by atoms with Crippen LogP contribution in [0.25, 0.3) is 44.2 Å². The molecule has 3 nitrogen and oxygen atoms in total. The van der Waals surface area contributed by atoms with E-state index >= 15 is 0 Å². The molecule has 1 aromatic heterocycles. The van der Waals surface area contributed by atoms with Crippen LogP contribution in [0.4, 0.5) is 34.1 Å². The van der Waals surface area contributed by atoms with Crippen LogP contribution in [0, 0.1) is 0 Å². The summed E-state index contributed by atoms with van der Waals surface area (Å²) in [6.07, 6.45) is 14.2. The van der Waals surface area contributed by atoms with Crippen molar-refractivity contribution in [3.05, 3.63) is 228 Å². The van der Waals surface area contributed by atoms with Crippen molar-refractivity contribution in [2.45, 2.75) is 67.6 Å². The van der Waals surface area contributed by atoms with Gasteiger partial charge in [0.25, 0.3) is 0 Å². The quantitative estimate of drug-likeness (QED) is 0.151. The van der Waals surface area contributed by atoms with Crippen LogP contribution in [0.2, 0.25) is 0 Å². The minimum atomic E-state index is -0.959. The molecule has 0 amide bonds. The van der Waals surface area contributed by atoms with Crippen LogP contribution in [-0.2, 0) is 16.2 Å². The zero-order valence-corrected chi connectivity index (χ0v) is 46.7. The Balaban J connectivity index is 1.18. The molecule has 10 aromatic rings. The Morgan fingerprint density at radius 3 is 1.31 bits per heavy atom. The fourth-order valence-electron chi connectivity index (χ4n) is 11.9. The van der Waals surface area contributed by atoms with Gasteiger partial charge in [0.05, 0.1) is 16.5 Å². The maximum Gasteiger partial charge on any atom is 0.145 e. The van der Waals surface area contributed by atoms with Crippen LogP contribution in [0.3, 0.4) is 0 Å². The van der Waals surface area contributed by atoms with Gasteiger partial charge in [-0.1, -0.05) is 139 Å². The molecule has 5 heteroatoms. The Kier molecular flexibility index (Phi) is 11.1. The molecule has 0 fully saturated rings. The summed E-state index contributed by atoms with van der Waals surface area (Å²) in [7, 11) is -1.89. The van der Waals surface area contributed by atoms with Crippen molar-refractivity contribution in [2.24, 2.45) is 0 Å². The Bertz CT molecular complexity index is 3640. The normalized spacial score (nSPS) is 14.2. The van der Waals surface area contributed by atoms with Gasteiger partial charge < -0.3 is 14.2 Å². The van der Waals surface area contributed by atoms with Gasteiger partial charge in [-0.15, -0.1) is 0 Å². The molecule has 1 heterocycles. The standard InChI is InChI=1S/C69H68N2OS2/c1-67(2,3)45-25-29-47(30-26-45)70(48-33-38-52(39-34-48)73(7,8)9)51-37-42-56-60(43-51)69(58-22-16-13-19-54(58)55-20-14-17-23-59(55)69)61-44-62(65-57-21-15-18-24-63(57)72-66(65)64(56)61)71(49-31-27-46(28-32-49)68(4,5)6)50-35-40-53(41-36-50)74(10,11)12/h13-44H,1-12H3.